The maximum absolute atomic E-state index is 9.41. The van der Waals surface area contributed by atoms with Crippen LogP contribution in [0.25, 0.3) is 0 Å². The van der Waals surface area contributed by atoms with Gasteiger partial charge in [0.15, 0.2) is 0 Å². The number of aliphatic hydroxyl groups excluding tert-OH is 1. The molecule has 3 N–H and O–H groups in total. The molecule has 1 fully saturated rings. The van der Waals surface area contributed by atoms with Gasteiger partial charge < -0.3 is 10.8 Å². The molecule has 0 aliphatic heterocycles. The first kappa shape index (κ1) is 12.9. The second kappa shape index (κ2) is 6.46. The Labute approximate surface area is 93.6 Å². The highest BCUT2D eigenvalue weighted by Crippen LogP contribution is 2.23. The molecular formula is C12H26N2O. The molecule has 90 valence electrons. The smallest absolute Gasteiger partial charge is 0.0601 e. The van der Waals surface area contributed by atoms with Gasteiger partial charge in [-0.05, 0) is 26.3 Å². The van der Waals surface area contributed by atoms with Crippen molar-refractivity contribution in [1.29, 1.82) is 0 Å². The Bertz CT molecular complexity index is 169. The largest absolute Gasteiger partial charge is 0.395 e. The highest BCUT2D eigenvalue weighted by atomic mass is 16.3. The van der Waals surface area contributed by atoms with E-state index in [1.165, 1.54) is 32.1 Å². The lowest BCUT2D eigenvalue weighted by Gasteiger charge is -2.38. The molecule has 2 unspecified atom stereocenters. The van der Waals surface area contributed by atoms with E-state index in [-0.39, 0.29) is 18.7 Å². The molecule has 1 aliphatic carbocycles. The number of likely N-dealkylation sites (N-methyl/N-ethyl adjacent to an activating group) is 1. The third kappa shape index (κ3) is 3.44. The molecule has 1 saturated carbocycles. The number of nitrogens with zero attached hydrogens (tertiary/aromatic N) is 1. The lowest BCUT2D eigenvalue weighted by Crippen LogP contribution is -2.52. The van der Waals surface area contributed by atoms with E-state index in [0.717, 1.165) is 6.42 Å². The summed E-state index contributed by atoms with van der Waals surface area (Å²) in [6.45, 7) is 2.27. The number of aliphatic hydroxyl groups is 1. The van der Waals surface area contributed by atoms with E-state index in [2.05, 4.69) is 18.9 Å². The summed E-state index contributed by atoms with van der Waals surface area (Å²) in [6, 6.07) is 0.869. The molecule has 3 heteroatoms. The molecule has 0 bridgehead atoms. The second-order valence-electron chi connectivity index (χ2n) is 4.78. The molecule has 3 nitrogen and oxygen atoms in total. The first-order chi connectivity index (χ1) is 7.20. The van der Waals surface area contributed by atoms with Crippen molar-refractivity contribution in [3.8, 4) is 0 Å². The van der Waals surface area contributed by atoms with Gasteiger partial charge in [-0.25, -0.2) is 0 Å². The number of nitrogens with two attached hydrogens (primary N) is 1. The fraction of sp³-hybridized carbons (Fsp3) is 1.00. The van der Waals surface area contributed by atoms with E-state index in [1.807, 2.05) is 0 Å². The summed E-state index contributed by atoms with van der Waals surface area (Å²) in [6.07, 6.45) is 7.49. The van der Waals surface area contributed by atoms with Crippen LogP contribution in [0.15, 0.2) is 0 Å². The van der Waals surface area contributed by atoms with Crippen LogP contribution in [0.4, 0.5) is 0 Å². The van der Waals surface area contributed by atoms with Crippen molar-refractivity contribution in [2.24, 2.45) is 5.73 Å². The van der Waals surface area contributed by atoms with Crippen molar-refractivity contribution in [3.63, 3.8) is 0 Å². The molecule has 0 saturated heterocycles. The quantitative estimate of drug-likeness (QED) is 0.726. The van der Waals surface area contributed by atoms with Crippen LogP contribution in [0.2, 0.25) is 0 Å². The zero-order valence-corrected chi connectivity index (χ0v) is 10.2. The van der Waals surface area contributed by atoms with E-state index >= 15 is 0 Å². The summed E-state index contributed by atoms with van der Waals surface area (Å²) in [7, 11) is 2.12. The van der Waals surface area contributed by atoms with Gasteiger partial charge in [-0.3, -0.25) is 4.90 Å². The van der Waals surface area contributed by atoms with E-state index < -0.39 is 0 Å². The van der Waals surface area contributed by atoms with Gasteiger partial charge in [0.2, 0.25) is 0 Å². The molecule has 0 heterocycles. The molecule has 2 atom stereocenters. The SMILES string of the molecule is CCC(N)C(CO)N(C)C1CCCCC1. The topological polar surface area (TPSA) is 49.5 Å². The van der Waals surface area contributed by atoms with Crippen LogP contribution >= 0.6 is 0 Å². The molecule has 15 heavy (non-hydrogen) atoms. The summed E-state index contributed by atoms with van der Waals surface area (Å²) >= 11 is 0. The first-order valence-electron chi connectivity index (χ1n) is 6.29. The van der Waals surface area contributed by atoms with Crippen molar-refractivity contribution in [2.75, 3.05) is 13.7 Å². The minimum Gasteiger partial charge on any atom is -0.395 e. The Kier molecular flexibility index (Phi) is 5.58. The Morgan fingerprint density at radius 1 is 1.33 bits per heavy atom. The van der Waals surface area contributed by atoms with E-state index in [4.69, 9.17) is 5.73 Å². The van der Waals surface area contributed by atoms with Crippen molar-refractivity contribution < 1.29 is 5.11 Å². The van der Waals surface area contributed by atoms with Crippen LogP contribution in [0.5, 0.6) is 0 Å². The Morgan fingerprint density at radius 3 is 2.40 bits per heavy atom. The average molecular weight is 214 g/mol. The number of rotatable bonds is 5. The van der Waals surface area contributed by atoms with Crippen LogP contribution in [-0.4, -0.2) is 41.8 Å². The highest BCUT2D eigenvalue weighted by molar-refractivity contribution is 4.84. The van der Waals surface area contributed by atoms with Gasteiger partial charge in [0.25, 0.3) is 0 Å². The van der Waals surface area contributed by atoms with Crippen LogP contribution in [0.3, 0.4) is 0 Å². The Balaban J connectivity index is 2.50. The normalized spacial score (nSPS) is 23.0. The Hall–Kier alpha value is -0.120. The standard InChI is InChI=1S/C12H26N2O/c1-3-11(13)12(9-15)14(2)10-7-5-4-6-8-10/h10-12,15H,3-9,13H2,1-2H3. The van der Waals surface area contributed by atoms with Crippen LogP contribution < -0.4 is 5.73 Å². The molecule has 0 spiro atoms. The van der Waals surface area contributed by atoms with Gasteiger partial charge in [-0.15, -0.1) is 0 Å². The fourth-order valence-electron chi connectivity index (χ4n) is 2.60. The predicted molar refractivity (Wildman–Crippen MR) is 63.8 cm³/mol. The van der Waals surface area contributed by atoms with E-state index in [9.17, 15) is 5.11 Å². The van der Waals surface area contributed by atoms with E-state index in [1.54, 1.807) is 0 Å². The maximum Gasteiger partial charge on any atom is 0.0601 e. The van der Waals surface area contributed by atoms with Gasteiger partial charge in [0.05, 0.1) is 6.61 Å². The van der Waals surface area contributed by atoms with Gasteiger partial charge >= 0.3 is 0 Å². The van der Waals surface area contributed by atoms with E-state index in [0.29, 0.717) is 6.04 Å². The molecule has 0 amide bonds. The van der Waals surface area contributed by atoms with Gasteiger partial charge in [0, 0.05) is 18.1 Å². The van der Waals surface area contributed by atoms with Gasteiger partial charge in [0.1, 0.15) is 0 Å². The molecule has 1 rings (SSSR count). The summed E-state index contributed by atoms with van der Waals surface area (Å²) in [4.78, 5) is 2.31. The van der Waals surface area contributed by atoms with Crippen LogP contribution in [0, 0.1) is 0 Å². The van der Waals surface area contributed by atoms with Crippen molar-refractivity contribution in [2.45, 2.75) is 63.6 Å². The number of hydrogen-bond acceptors (Lipinski definition) is 3. The molecule has 0 aromatic heterocycles. The maximum atomic E-state index is 9.41. The summed E-state index contributed by atoms with van der Waals surface area (Å²) < 4.78 is 0. The third-order valence-electron chi connectivity index (χ3n) is 3.83. The van der Waals surface area contributed by atoms with Crippen molar-refractivity contribution >= 4 is 0 Å². The lowest BCUT2D eigenvalue weighted by atomic mass is 9.92. The minimum atomic E-state index is 0.0990. The summed E-state index contributed by atoms with van der Waals surface area (Å²) in [5, 5.41) is 9.41. The monoisotopic (exact) mass is 214 g/mol. The number of hydrogen-bond donors (Lipinski definition) is 2. The summed E-state index contributed by atoms with van der Waals surface area (Å²) in [5.74, 6) is 0. The third-order valence-corrected chi connectivity index (χ3v) is 3.83. The highest BCUT2D eigenvalue weighted by Gasteiger charge is 2.27. The fourth-order valence-corrected chi connectivity index (χ4v) is 2.60. The van der Waals surface area contributed by atoms with Crippen LogP contribution in [0.1, 0.15) is 45.4 Å². The van der Waals surface area contributed by atoms with Crippen LogP contribution in [-0.2, 0) is 0 Å². The minimum absolute atomic E-state index is 0.0990. The molecule has 0 aromatic rings. The second-order valence-corrected chi connectivity index (χ2v) is 4.78. The van der Waals surface area contributed by atoms with Gasteiger partial charge in [-0.2, -0.15) is 0 Å². The molecular weight excluding hydrogens is 188 g/mol. The van der Waals surface area contributed by atoms with Gasteiger partial charge in [-0.1, -0.05) is 26.2 Å². The van der Waals surface area contributed by atoms with Crippen molar-refractivity contribution in [3.05, 3.63) is 0 Å². The lowest BCUT2D eigenvalue weighted by molar-refractivity contribution is 0.0732. The molecule has 0 radical (unpaired) electrons. The predicted octanol–water partition coefficient (Wildman–Crippen LogP) is 1.35. The zero-order chi connectivity index (χ0) is 11.3. The first-order valence-corrected chi connectivity index (χ1v) is 6.29. The molecule has 0 aromatic carbocycles. The average Bonchev–Trinajstić information content (AvgIpc) is 2.30. The molecule has 1 aliphatic rings. The zero-order valence-electron chi connectivity index (χ0n) is 10.2. The summed E-state index contributed by atoms with van der Waals surface area (Å²) in [5.41, 5.74) is 6.03. The van der Waals surface area contributed by atoms with Crippen molar-refractivity contribution in [1.82, 2.24) is 4.90 Å². The Morgan fingerprint density at radius 2 is 1.93 bits per heavy atom.